The third-order valence-corrected chi connectivity index (χ3v) is 6.44. The maximum absolute atomic E-state index is 13.6. The highest BCUT2D eigenvalue weighted by Crippen LogP contribution is 2.31. The smallest absolute Gasteiger partial charge is 0.305 e. The number of esters is 1. The van der Waals surface area contributed by atoms with Gasteiger partial charge in [0.05, 0.1) is 30.9 Å². The third kappa shape index (κ3) is 7.33. The molecule has 2 aromatic rings. The number of methoxy groups -OCH3 is 1. The largest absolute Gasteiger partial charge is 0.469 e. The lowest BCUT2D eigenvalue weighted by Crippen LogP contribution is -2.27. The summed E-state index contributed by atoms with van der Waals surface area (Å²) >= 11 is 0. The van der Waals surface area contributed by atoms with E-state index in [1.54, 1.807) is 24.3 Å². The van der Waals surface area contributed by atoms with E-state index in [1.807, 2.05) is 20.8 Å². The molecule has 2 rings (SSSR count). The zero-order chi connectivity index (χ0) is 25.6. The maximum atomic E-state index is 13.6. The Balaban J connectivity index is 2.57. The van der Waals surface area contributed by atoms with Crippen molar-refractivity contribution in [2.24, 2.45) is 5.92 Å². The van der Waals surface area contributed by atoms with Crippen molar-refractivity contribution in [2.75, 3.05) is 24.7 Å². The summed E-state index contributed by atoms with van der Waals surface area (Å²) in [6.45, 7) is 5.66. The van der Waals surface area contributed by atoms with Gasteiger partial charge in [-0.1, -0.05) is 32.9 Å². The summed E-state index contributed by atoms with van der Waals surface area (Å²) in [6, 6.07) is 5.70. The second-order valence-electron chi connectivity index (χ2n) is 8.61. The van der Waals surface area contributed by atoms with Gasteiger partial charge in [-0.05, 0) is 42.5 Å². The minimum absolute atomic E-state index is 0.00470. The van der Waals surface area contributed by atoms with Crippen LogP contribution >= 0.6 is 0 Å². The zero-order valence-electron chi connectivity index (χ0n) is 20.3. The molecule has 0 fully saturated rings. The minimum atomic E-state index is -3.62. The second kappa shape index (κ2) is 11.5. The number of aliphatic hydroxyl groups excluding tert-OH is 1. The molecule has 0 bridgehead atoms. The Morgan fingerprint density at radius 3 is 2.35 bits per heavy atom. The van der Waals surface area contributed by atoms with Gasteiger partial charge in [-0.15, -0.1) is 0 Å². The number of aliphatic hydroxyl groups is 1. The maximum Gasteiger partial charge on any atom is 0.305 e. The van der Waals surface area contributed by atoms with Gasteiger partial charge in [0.1, 0.15) is 5.82 Å². The Labute approximate surface area is 200 Å². The van der Waals surface area contributed by atoms with Crippen molar-refractivity contribution >= 4 is 28.0 Å². The standard InChI is InChI=1S/C24H32FN3O5S/c1-15(2)22-20(12-11-19(29)13-16(3)14-21(30)33-5)23(17-7-9-18(25)10-8-17)27-24(26-22)28(4)34(6,31)32/h7-12,15-16,19,29H,13-14H2,1-6H3/b12-11+/t16-,19-/m1/s1. The fraction of sp³-hybridized carbons (Fsp3) is 0.458. The molecular weight excluding hydrogens is 461 g/mol. The lowest BCUT2D eigenvalue weighted by Gasteiger charge is -2.20. The molecule has 0 unspecified atom stereocenters. The monoisotopic (exact) mass is 493 g/mol. The van der Waals surface area contributed by atoms with Crippen LogP contribution in [0.15, 0.2) is 30.3 Å². The number of nitrogens with zero attached hydrogens (tertiary/aromatic N) is 3. The number of ether oxygens (including phenoxy) is 1. The van der Waals surface area contributed by atoms with E-state index in [0.717, 1.165) is 10.6 Å². The molecule has 0 saturated carbocycles. The van der Waals surface area contributed by atoms with Crippen molar-refractivity contribution in [1.29, 1.82) is 0 Å². The van der Waals surface area contributed by atoms with Gasteiger partial charge in [0.15, 0.2) is 0 Å². The first kappa shape index (κ1) is 27.4. The summed E-state index contributed by atoms with van der Waals surface area (Å²) in [5.74, 6) is -0.972. The second-order valence-corrected chi connectivity index (χ2v) is 10.6. The van der Waals surface area contributed by atoms with Gasteiger partial charge < -0.3 is 9.84 Å². The molecule has 2 atom stereocenters. The molecule has 0 amide bonds. The number of aromatic nitrogens is 2. The summed E-state index contributed by atoms with van der Waals surface area (Å²) in [5.41, 5.74) is 2.15. The molecule has 10 heteroatoms. The third-order valence-electron chi connectivity index (χ3n) is 5.28. The quantitative estimate of drug-likeness (QED) is 0.502. The van der Waals surface area contributed by atoms with Gasteiger partial charge in [0, 0.05) is 24.6 Å². The van der Waals surface area contributed by atoms with Crippen molar-refractivity contribution in [3.8, 4) is 11.3 Å². The molecule has 34 heavy (non-hydrogen) atoms. The van der Waals surface area contributed by atoms with E-state index in [9.17, 15) is 22.7 Å². The molecule has 1 aromatic heterocycles. The van der Waals surface area contributed by atoms with Crippen LogP contribution in [-0.2, 0) is 19.6 Å². The Hall–Kier alpha value is -2.85. The normalized spacial score (nSPS) is 13.8. The van der Waals surface area contributed by atoms with Gasteiger partial charge in [0.25, 0.3) is 0 Å². The summed E-state index contributed by atoms with van der Waals surface area (Å²) in [7, 11) is -0.929. The van der Waals surface area contributed by atoms with Crippen molar-refractivity contribution in [2.45, 2.75) is 45.6 Å². The molecule has 1 heterocycles. The highest BCUT2D eigenvalue weighted by Gasteiger charge is 2.22. The van der Waals surface area contributed by atoms with E-state index in [0.29, 0.717) is 28.9 Å². The average Bonchev–Trinajstić information content (AvgIpc) is 2.76. The number of halogens is 1. The number of hydrogen-bond acceptors (Lipinski definition) is 7. The Bertz CT molecular complexity index is 1130. The predicted octanol–water partition coefficient (Wildman–Crippen LogP) is 3.77. The van der Waals surface area contributed by atoms with E-state index in [1.165, 1.54) is 26.3 Å². The molecule has 1 aromatic carbocycles. The average molecular weight is 494 g/mol. The van der Waals surface area contributed by atoms with Gasteiger partial charge >= 0.3 is 5.97 Å². The van der Waals surface area contributed by atoms with E-state index in [-0.39, 0.29) is 30.2 Å². The SMILES string of the molecule is COC(=O)C[C@H](C)C[C@H](O)/C=C/c1c(-c2ccc(F)cc2)nc(N(C)S(C)(=O)=O)nc1C(C)C. The van der Waals surface area contributed by atoms with Gasteiger partial charge in [0.2, 0.25) is 16.0 Å². The lowest BCUT2D eigenvalue weighted by molar-refractivity contribution is -0.141. The van der Waals surface area contributed by atoms with E-state index >= 15 is 0 Å². The number of sulfonamides is 1. The van der Waals surface area contributed by atoms with Crippen molar-refractivity contribution in [3.05, 3.63) is 47.4 Å². The molecule has 186 valence electrons. The van der Waals surface area contributed by atoms with Gasteiger partial charge in [-0.25, -0.2) is 27.1 Å². The molecule has 8 nitrogen and oxygen atoms in total. The molecule has 0 saturated heterocycles. The summed E-state index contributed by atoms with van der Waals surface area (Å²) in [4.78, 5) is 20.5. The molecule has 1 N–H and O–H groups in total. The number of carbonyl (C=O) groups excluding carboxylic acids is 1. The molecule has 0 spiro atoms. The Kier molecular flexibility index (Phi) is 9.29. The van der Waals surface area contributed by atoms with Crippen LogP contribution in [0.3, 0.4) is 0 Å². The predicted molar refractivity (Wildman–Crippen MR) is 130 cm³/mol. The van der Waals surface area contributed by atoms with Crippen LogP contribution in [0, 0.1) is 11.7 Å². The molecule has 0 aliphatic rings. The minimum Gasteiger partial charge on any atom is -0.469 e. The Morgan fingerprint density at radius 2 is 1.82 bits per heavy atom. The van der Waals surface area contributed by atoms with Crippen LogP contribution in [0.4, 0.5) is 10.3 Å². The zero-order valence-corrected chi connectivity index (χ0v) is 21.1. The van der Waals surface area contributed by atoms with E-state index in [2.05, 4.69) is 14.7 Å². The fourth-order valence-electron chi connectivity index (χ4n) is 3.35. The highest BCUT2D eigenvalue weighted by atomic mass is 32.2. The molecular formula is C24H32FN3O5S. The van der Waals surface area contributed by atoms with Crippen LogP contribution in [-0.4, -0.2) is 56.0 Å². The first-order valence-electron chi connectivity index (χ1n) is 10.9. The van der Waals surface area contributed by atoms with Crippen LogP contribution < -0.4 is 4.31 Å². The summed E-state index contributed by atoms with van der Waals surface area (Å²) in [6.07, 6.45) is 4.01. The molecule has 0 aliphatic heterocycles. The first-order chi connectivity index (χ1) is 15.8. The van der Waals surface area contributed by atoms with Crippen molar-refractivity contribution in [1.82, 2.24) is 9.97 Å². The number of hydrogen-bond donors (Lipinski definition) is 1. The number of carbonyl (C=O) groups is 1. The number of benzene rings is 1. The fourth-order valence-corrected chi connectivity index (χ4v) is 3.72. The van der Waals surface area contributed by atoms with E-state index in [4.69, 9.17) is 0 Å². The first-order valence-corrected chi connectivity index (χ1v) is 12.7. The topological polar surface area (TPSA) is 110 Å². The van der Waals surface area contributed by atoms with Crippen LogP contribution in [0.2, 0.25) is 0 Å². The van der Waals surface area contributed by atoms with Crippen molar-refractivity contribution < 1.29 is 27.4 Å². The Morgan fingerprint density at radius 1 is 1.21 bits per heavy atom. The van der Waals surface area contributed by atoms with E-state index < -0.39 is 21.9 Å². The van der Waals surface area contributed by atoms with Crippen LogP contribution in [0.5, 0.6) is 0 Å². The van der Waals surface area contributed by atoms with Gasteiger partial charge in [-0.2, -0.15) is 0 Å². The van der Waals surface area contributed by atoms with Gasteiger partial charge in [-0.3, -0.25) is 4.79 Å². The van der Waals surface area contributed by atoms with Crippen LogP contribution in [0.1, 0.15) is 50.8 Å². The van der Waals surface area contributed by atoms with Crippen LogP contribution in [0.25, 0.3) is 17.3 Å². The van der Waals surface area contributed by atoms with Crippen molar-refractivity contribution in [3.63, 3.8) is 0 Å². The summed E-state index contributed by atoms with van der Waals surface area (Å²) in [5, 5.41) is 10.5. The summed E-state index contributed by atoms with van der Waals surface area (Å²) < 4.78 is 43.5. The number of anilines is 1. The molecule has 0 radical (unpaired) electrons. The lowest BCUT2D eigenvalue weighted by atomic mass is 9.96. The molecule has 0 aliphatic carbocycles. The number of rotatable bonds is 10. The highest BCUT2D eigenvalue weighted by molar-refractivity contribution is 7.92.